The van der Waals surface area contributed by atoms with Crippen LogP contribution in [0, 0.1) is 0 Å². The summed E-state index contributed by atoms with van der Waals surface area (Å²) in [6.45, 7) is 0. The first-order valence-corrected chi connectivity index (χ1v) is 5.51. The van der Waals surface area contributed by atoms with Crippen LogP contribution in [0.4, 0.5) is 0 Å². The highest BCUT2D eigenvalue weighted by Gasteiger charge is 2.14. The molecule has 3 rings (SSSR count). The maximum absolute atomic E-state index is 5.96. The highest BCUT2D eigenvalue weighted by Crippen LogP contribution is 2.30. The van der Waals surface area contributed by atoms with Crippen LogP contribution in [0.3, 0.4) is 0 Å². The van der Waals surface area contributed by atoms with Crippen molar-refractivity contribution in [1.82, 2.24) is 4.98 Å². The van der Waals surface area contributed by atoms with Crippen molar-refractivity contribution in [3.63, 3.8) is 0 Å². The number of aromatic nitrogens is 1. The van der Waals surface area contributed by atoms with E-state index < -0.39 is 0 Å². The van der Waals surface area contributed by atoms with Gasteiger partial charge in [-0.2, -0.15) is 0 Å². The molecule has 0 saturated carbocycles. The lowest BCUT2D eigenvalue weighted by molar-refractivity contribution is 0.680. The monoisotopic (exact) mass is 205 g/mol. The van der Waals surface area contributed by atoms with Crippen LogP contribution in [0.25, 0.3) is 10.9 Å². The third kappa shape index (κ3) is 1.16. The van der Waals surface area contributed by atoms with E-state index in [1.165, 1.54) is 47.8 Å². The number of nitrogens with one attached hydrogen (secondary N) is 1. The van der Waals surface area contributed by atoms with Gasteiger partial charge in [-0.15, -0.1) is 0 Å². The number of hydrogen-bond acceptors (Lipinski definition) is 0. The molecule has 0 amide bonds. The van der Waals surface area contributed by atoms with Crippen molar-refractivity contribution >= 4 is 22.5 Å². The third-order valence-corrected chi connectivity index (χ3v) is 3.30. The summed E-state index contributed by atoms with van der Waals surface area (Å²) in [6, 6.07) is 6.14. The largest absolute Gasteiger partial charge is 0.358 e. The molecule has 1 nitrogen and oxygen atoms in total. The molecular weight excluding hydrogens is 194 g/mol. The molecule has 1 heterocycles. The minimum Gasteiger partial charge on any atom is -0.358 e. The summed E-state index contributed by atoms with van der Waals surface area (Å²) in [7, 11) is 0. The average Bonchev–Trinajstić information content (AvgIpc) is 2.54. The van der Waals surface area contributed by atoms with Crippen LogP contribution in [-0.4, -0.2) is 4.98 Å². The number of rotatable bonds is 0. The van der Waals surface area contributed by atoms with Gasteiger partial charge in [0, 0.05) is 21.6 Å². The summed E-state index contributed by atoms with van der Waals surface area (Å²) in [6.07, 6.45) is 5.05. The topological polar surface area (TPSA) is 15.8 Å². The number of halogens is 1. The second kappa shape index (κ2) is 3.03. The van der Waals surface area contributed by atoms with E-state index in [4.69, 9.17) is 11.6 Å². The van der Waals surface area contributed by atoms with Crippen molar-refractivity contribution in [2.24, 2.45) is 0 Å². The zero-order valence-corrected chi connectivity index (χ0v) is 8.69. The molecular formula is C12H12ClN. The number of H-pyrrole nitrogens is 1. The quantitative estimate of drug-likeness (QED) is 0.675. The van der Waals surface area contributed by atoms with E-state index in [1.807, 2.05) is 12.1 Å². The van der Waals surface area contributed by atoms with Crippen LogP contribution >= 0.6 is 11.6 Å². The van der Waals surface area contributed by atoms with Gasteiger partial charge in [0.05, 0.1) is 0 Å². The first-order valence-electron chi connectivity index (χ1n) is 5.13. The zero-order chi connectivity index (χ0) is 9.54. The maximum atomic E-state index is 5.96. The molecule has 0 saturated heterocycles. The average molecular weight is 206 g/mol. The molecule has 1 N–H and O–H groups in total. The predicted molar refractivity (Wildman–Crippen MR) is 60.0 cm³/mol. The Bertz CT molecular complexity index is 484. The molecule has 0 bridgehead atoms. The van der Waals surface area contributed by atoms with Gasteiger partial charge in [0.15, 0.2) is 0 Å². The molecule has 1 aromatic carbocycles. The van der Waals surface area contributed by atoms with Crippen LogP contribution in [0.1, 0.15) is 24.1 Å². The number of fused-ring (bicyclic) bond motifs is 3. The molecule has 0 fully saturated rings. The highest BCUT2D eigenvalue weighted by atomic mass is 35.5. The highest BCUT2D eigenvalue weighted by molar-refractivity contribution is 6.31. The number of hydrogen-bond donors (Lipinski definition) is 1. The van der Waals surface area contributed by atoms with Gasteiger partial charge in [0.2, 0.25) is 0 Å². The molecule has 72 valence electrons. The van der Waals surface area contributed by atoms with Gasteiger partial charge in [-0.25, -0.2) is 0 Å². The van der Waals surface area contributed by atoms with E-state index >= 15 is 0 Å². The number of aromatic amines is 1. The van der Waals surface area contributed by atoms with Gasteiger partial charge < -0.3 is 4.98 Å². The van der Waals surface area contributed by atoms with E-state index in [0.29, 0.717) is 0 Å². The van der Waals surface area contributed by atoms with Gasteiger partial charge >= 0.3 is 0 Å². The predicted octanol–water partition coefficient (Wildman–Crippen LogP) is 3.70. The maximum Gasteiger partial charge on any atom is 0.0473 e. The Balaban J connectivity index is 2.31. The fourth-order valence-electron chi connectivity index (χ4n) is 2.39. The van der Waals surface area contributed by atoms with E-state index in [1.54, 1.807) is 0 Å². The lowest BCUT2D eigenvalue weighted by atomic mass is 9.96. The molecule has 0 aliphatic heterocycles. The lowest BCUT2D eigenvalue weighted by Gasteiger charge is -2.10. The van der Waals surface area contributed by atoms with Crippen LogP contribution in [0.15, 0.2) is 18.2 Å². The van der Waals surface area contributed by atoms with Crippen molar-refractivity contribution in [1.29, 1.82) is 0 Å². The van der Waals surface area contributed by atoms with Crippen molar-refractivity contribution in [3.05, 3.63) is 34.5 Å². The Morgan fingerprint density at radius 1 is 1.14 bits per heavy atom. The molecule has 14 heavy (non-hydrogen) atoms. The van der Waals surface area contributed by atoms with Gasteiger partial charge in [-0.3, -0.25) is 0 Å². The second-order valence-corrected chi connectivity index (χ2v) is 4.42. The zero-order valence-electron chi connectivity index (χ0n) is 7.94. The van der Waals surface area contributed by atoms with Crippen molar-refractivity contribution in [3.8, 4) is 0 Å². The van der Waals surface area contributed by atoms with Crippen LogP contribution < -0.4 is 0 Å². The van der Waals surface area contributed by atoms with Crippen LogP contribution in [0.2, 0.25) is 5.02 Å². The minimum atomic E-state index is 0.816. The number of benzene rings is 1. The van der Waals surface area contributed by atoms with E-state index in [2.05, 4.69) is 11.1 Å². The molecule has 1 aliphatic carbocycles. The standard InChI is InChI=1S/C12H12ClN/c13-8-5-6-10-9-3-1-2-4-11(9)14-12(10)7-8/h5-7,14H,1-4H2. The van der Waals surface area contributed by atoms with Gasteiger partial charge in [0.1, 0.15) is 0 Å². The first kappa shape index (κ1) is 8.37. The van der Waals surface area contributed by atoms with E-state index in [-0.39, 0.29) is 0 Å². The smallest absolute Gasteiger partial charge is 0.0473 e. The van der Waals surface area contributed by atoms with E-state index in [9.17, 15) is 0 Å². The first-order chi connectivity index (χ1) is 6.84. The molecule has 0 spiro atoms. The molecule has 0 unspecified atom stereocenters. The van der Waals surface area contributed by atoms with Crippen molar-refractivity contribution in [2.75, 3.05) is 0 Å². The van der Waals surface area contributed by atoms with Crippen molar-refractivity contribution < 1.29 is 0 Å². The molecule has 2 aromatic rings. The Morgan fingerprint density at radius 2 is 2.00 bits per heavy atom. The summed E-state index contributed by atoms with van der Waals surface area (Å²) in [4.78, 5) is 3.47. The minimum absolute atomic E-state index is 0.816. The molecule has 1 aliphatic rings. The van der Waals surface area contributed by atoms with E-state index in [0.717, 1.165) is 5.02 Å². The van der Waals surface area contributed by atoms with Gasteiger partial charge in [-0.1, -0.05) is 17.7 Å². The summed E-state index contributed by atoms with van der Waals surface area (Å²) >= 11 is 5.96. The summed E-state index contributed by atoms with van der Waals surface area (Å²) in [5.41, 5.74) is 4.14. The van der Waals surface area contributed by atoms with Crippen LogP contribution in [0.5, 0.6) is 0 Å². The summed E-state index contributed by atoms with van der Waals surface area (Å²) in [5.74, 6) is 0. The lowest BCUT2D eigenvalue weighted by Crippen LogP contribution is -1.99. The van der Waals surface area contributed by atoms with Gasteiger partial charge in [-0.05, 0) is 43.4 Å². The Labute approximate surface area is 88.1 Å². The number of aryl methyl sites for hydroxylation is 2. The summed E-state index contributed by atoms with van der Waals surface area (Å²) < 4.78 is 0. The van der Waals surface area contributed by atoms with Crippen LogP contribution in [-0.2, 0) is 12.8 Å². The summed E-state index contributed by atoms with van der Waals surface area (Å²) in [5, 5.41) is 2.18. The van der Waals surface area contributed by atoms with Gasteiger partial charge in [0.25, 0.3) is 0 Å². The Kier molecular flexibility index (Phi) is 1.81. The molecule has 2 heteroatoms. The Hall–Kier alpha value is -0.950. The van der Waals surface area contributed by atoms with Crippen molar-refractivity contribution in [2.45, 2.75) is 25.7 Å². The Morgan fingerprint density at radius 3 is 2.93 bits per heavy atom. The fourth-order valence-corrected chi connectivity index (χ4v) is 2.56. The fraction of sp³-hybridized carbons (Fsp3) is 0.333. The molecule has 1 aromatic heterocycles. The SMILES string of the molecule is Clc1ccc2c3c([nH]c2c1)CCCC3. The molecule has 0 radical (unpaired) electrons. The molecule has 0 atom stereocenters. The normalized spacial score (nSPS) is 15.8. The third-order valence-electron chi connectivity index (χ3n) is 3.06. The second-order valence-electron chi connectivity index (χ2n) is 3.98.